The normalized spacial score (nSPS) is 13.2. The van der Waals surface area contributed by atoms with Gasteiger partial charge in [-0.25, -0.2) is 0 Å². The van der Waals surface area contributed by atoms with Gasteiger partial charge in [-0.1, -0.05) is 60.7 Å². The minimum atomic E-state index is -2.88. The highest BCUT2D eigenvalue weighted by molar-refractivity contribution is 7.32. The molecule has 2 rings (SSSR count). The van der Waals surface area contributed by atoms with E-state index >= 15 is 0 Å². The first-order chi connectivity index (χ1) is 9.25. The molecule has 0 bridgehead atoms. The van der Waals surface area contributed by atoms with Gasteiger partial charge in [-0.05, 0) is 17.5 Å². The average molecular weight is 313 g/mol. The van der Waals surface area contributed by atoms with Crippen LogP contribution in [0.5, 0.6) is 0 Å². The van der Waals surface area contributed by atoms with Crippen molar-refractivity contribution in [3.05, 3.63) is 71.8 Å². The molecular formula is C15H18ClO3P. The Morgan fingerprint density at radius 2 is 1.55 bits per heavy atom. The third-order valence-corrected chi connectivity index (χ3v) is 3.42. The van der Waals surface area contributed by atoms with Crippen LogP contribution in [0.3, 0.4) is 0 Å². The molecule has 0 amide bonds. The zero-order chi connectivity index (χ0) is 13.5. The summed E-state index contributed by atoms with van der Waals surface area (Å²) in [6.45, 7) is 0.257. The summed E-state index contributed by atoms with van der Waals surface area (Å²) in [6, 6.07) is 20.0. The van der Waals surface area contributed by atoms with Gasteiger partial charge in [-0.15, -0.1) is 12.4 Å². The third-order valence-electron chi connectivity index (χ3n) is 3.00. The first-order valence-corrected chi connectivity index (χ1v) is 7.46. The fraction of sp³-hybridized carbons (Fsp3) is 0.200. The van der Waals surface area contributed by atoms with E-state index in [1.807, 2.05) is 48.5 Å². The number of halogens is 1. The monoisotopic (exact) mass is 312 g/mol. The van der Waals surface area contributed by atoms with Crippen molar-refractivity contribution >= 4 is 20.7 Å². The van der Waals surface area contributed by atoms with Crippen LogP contribution in [0.1, 0.15) is 17.0 Å². The number of hydrogen-bond acceptors (Lipinski definition) is 2. The Morgan fingerprint density at radius 3 is 2.10 bits per heavy atom. The Bertz CT molecular complexity index is 519. The Labute approximate surface area is 126 Å². The minimum absolute atomic E-state index is 0. The molecule has 2 atom stereocenters. The van der Waals surface area contributed by atoms with Crippen LogP contribution < -0.4 is 0 Å². The SMILES string of the molecule is Cl.O=[PH](O)OCC(Cc1ccccc1)c1ccccc1. The second-order valence-corrected chi connectivity index (χ2v) is 5.19. The van der Waals surface area contributed by atoms with E-state index in [0.717, 1.165) is 12.0 Å². The van der Waals surface area contributed by atoms with Gasteiger partial charge in [0.15, 0.2) is 0 Å². The summed E-state index contributed by atoms with van der Waals surface area (Å²) in [4.78, 5) is 8.84. The van der Waals surface area contributed by atoms with Crippen molar-refractivity contribution in [1.82, 2.24) is 0 Å². The highest BCUT2D eigenvalue weighted by atomic mass is 35.5. The fourth-order valence-corrected chi connectivity index (χ4v) is 2.41. The summed E-state index contributed by atoms with van der Waals surface area (Å²) in [5.74, 6) is 0.0877. The number of hydrogen-bond donors (Lipinski definition) is 1. The Hall–Kier alpha value is -1.12. The first kappa shape index (κ1) is 16.9. The molecular weight excluding hydrogens is 295 g/mol. The maximum atomic E-state index is 10.8. The summed E-state index contributed by atoms with van der Waals surface area (Å²) in [6.07, 6.45) is 0.792. The molecule has 2 aromatic carbocycles. The largest absolute Gasteiger partial charge is 0.326 e. The van der Waals surface area contributed by atoms with Gasteiger partial charge in [-0.2, -0.15) is 0 Å². The smallest absolute Gasteiger partial charge is 0.316 e. The third kappa shape index (κ3) is 5.48. The van der Waals surface area contributed by atoms with Crippen LogP contribution in [-0.4, -0.2) is 11.5 Å². The van der Waals surface area contributed by atoms with Gasteiger partial charge >= 0.3 is 8.25 Å². The Kier molecular flexibility index (Phi) is 7.56. The lowest BCUT2D eigenvalue weighted by atomic mass is 9.93. The van der Waals surface area contributed by atoms with Crippen LogP contribution in [0.4, 0.5) is 0 Å². The van der Waals surface area contributed by atoms with E-state index in [-0.39, 0.29) is 24.9 Å². The molecule has 0 spiro atoms. The highest BCUT2D eigenvalue weighted by Gasteiger charge is 2.13. The Morgan fingerprint density at radius 1 is 1.00 bits per heavy atom. The van der Waals surface area contributed by atoms with E-state index in [0.29, 0.717) is 0 Å². The van der Waals surface area contributed by atoms with Gasteiger partial charge in [0.25, 0.3) is 0 Å². The van der Waals surface area contributed by atoms with Crippen LogP contribution in [0.15, 0.2) is 60.7 Å². The summed E-state index contributed by atoms with van der Waals surface area (Å²) in [5, 5.41) is 0. The van der Waals surface area contributed by atoms with Gasteiger partial charge in [0.1, 0.15) is 0 Å². The Balaban J connectivity index is 0.00000200. The van der Waals surface area contributed by atoms with E-state index in [9.17, 15) is 4.57 Å². The molecule has 5 heteroatoms. The quantitative estimate of drug-likeness (QED) is 0.825. The van der Waals surface area contributed by atoms with E-state index in [1.165, 1.54) is 5.56 Å². The lowest BCUT2D eigenvalue weighted by molar-refractivity contribution is 0.260. The minimum Gasteiger partial charge on any atom is -0.326 e. The molecule has 0 heterocycles. The average Bonchev–Trinajstić information content (AvgIpc) is 2.45. The zero-order valence-electron chi connectivity index (χ0n) is 10.9. The summed E-state index contributed by atoms with van der Waals surface area (Å²) < 4.78 is 15.7. The van der Waals surface area contributed by atoms with Crippen LogP contribution in [-0.2, 0) is 15.5 Å². The van der Waals surface area contributed by atoms with Crippen molar-refractivity contribution in [2.24, 2.45) is 0 Å². The number of rotatable bonds is 6. The van der Waals surface area contributed by atoms with Gasteiger partial charge in [-0.3, -0.25) is 4.57 Å². The molecule has 0 radical (unpaired) electrons. The molecule has 0 saturated carbocycles. The molecule has 3 nitrogen and oxygen atoms in total. The molecule has 0 aliphatic rings. The molecule has 2 unspecified atom stereocenters. The van der Waals surface area contributed by atoms with Crippen molar-refractivity contribution < 1.29 is 14.0 Å². The van der Waals surface area contributed by atoms with E-state index in [1.54, 1.807) is 0 Å². The first-order valence-electron chi connectivity index (χ1n) is 6.20. The fourth-order valence-electron chi connectivity index (χ4n) is 2.07. The second kappa shape index (κ2) is 8.93. The van der Waals surface area contributed by atoms with Gasteiger partial charge in [0, 0.05) is 5.92 Å². The van der Waals surface area contributed by atoms with E-state index in [2.05, 4.69) is 12.1 Å². The molecule has 1 N–H and O–H groups in total. The summed E-state index contributed by atoms with van der Waals surface area (Å²) in [5.41, 5.74) is 2.31. The van der Waals surface area contributed by atoms with Crippen LogP contribution >= 0.6 is 20.7 Å². The maximum absolute atomic E-state index is 10.8. The molecule has 0 fully saturated rings. The van der Waals surface area contributed by atoms with Crippen LogP contribution in [0.2, 0.25) is 0 Å². The van der Waals surface area contributed by atoms with Crippen molar-refractivity contribution in [2.45, 2.75) is 12.3 Å². The summed E-state index contributed by atoms with van der Waals surface area (Å²) >= 11 is 0. The lowest BCUT2D eigenvalue weighted by Crippen LogP contribution is -2.09. The molecule has 0 aliphatic heterocycles. The molecule has 0 aliphatic carbocycles. The van der Waals surface area contributed by atoms with Crippen molar-refractivity contribution in [3.63, 3.8) is 0 Å². The van der Waals surface area contributed by atoms with E-state index < -0.39 is 8.25 Å². The van der Waals surface area contributed by atoms with Crippen molar-refractivity contribution in [1.29, 1.82) is 0 Å². The van der Waals surface area contributed by atoms with Crippen LogP contribution in [0, 0.1) is 0 Å². The molecule has 0 aromatic heterocycles. The lowest BCUT2D eigenvalue weighted by Gasteiger charge is -2.16. The van der Waals surface area contributed by atoms with Crippen LogP contribution in [0.25, 0.3) is 0 Å². The predicted octanol–water partition coefficient (Wildman–Crippen LogP) is 3.83. The zero-order valence-corrected chi connectivity index (χ0v) is 12.8. The predicted molar refractivity (Wildman–Crippen MR) is 83.7 cm³/mol. The molecule has 20 heavy (non-hydrogen) atoms. The summed E-state index contributed by atoms with van der Waals surface area (Å²) in [7, 11) is -2.88. The van der Waals surface area contributed by atoms with E-state index in [4.69, 9.17) is 9.42 Å². The molecule has 2 aromatic rings. The van der Waals surface area contributed by atoms with Gasteiger partial charge in [0.05, 0.1) is 6.61 Å². The van der Waals surface area contributed by atoms with Crippen molar-refractivity contribution in [2.75, 3.05) is 6.61 Å². The van der Waals surface area contributed by atoms with Crippen molar-refractivity contribution in [3.8, 4) is 0 Å². The van der Waals surface area contributed by atoms with Gasteiger partial charge in [0.2, 0.25) is 0 Å². The molecule has 108 valence electrons. The number of benzene rings is 2. The van der Waals surface area contributed by atoms with Gasteiger partial charge < -0.3 is 9.42 Å². The topological polar surface area (TPSA) is 46.5 Å². The standard InChI is InChI=1S/C15H17O3P.ClH/c16-19(17)18-12-15(14-9-5-2-6-10-14)11-13-7-3-1-4-8-13;/h1-10,15,19H,11-12H2,(H,16,17);1H. The second-order valence-electron chi connectivity index (χ2n) is 4.37. The molecule has 0 saturated heterocycles. The maximum Gasteiger partial charge on any atom is 0.316 e. The highest BCUT2D eigenvalue weighted by Crippen LogP contribution is 2.25.